The second-order valence-corrected chi connectivity index (χ2v) is 9.07. The summed E-state index contributed by atoms with van der Waals surface area (Å²) in [6.07, 6.45) is 6.38. The summed E-state index contributed by atoms with van der Waals surface area (Å²) in [7, 11) is 3.53. The maximum atomic E-state index is 13.0. The van der Waals surface area contributed by atoms with Crippen molar-refractivity contribution in [2.75, 3.05) is 32.7 Å². The van der Waals surface area contributed by atoms with E-state index >= 15 is 0 Å². The zero-order chi connectivity index (χ0) is 23.4. The third-order valence-electron chi connectivity index (χ3n) is 6.92. The fraction of sp³-hybridized carbons (Fsp3) is 0.417. The van der Waals surface area contributed by atoms with Crippen LogP contribution in [-0.4, -0.2) is 69.6 Å². The maximum Gasteiger partial charge on any atom is 0.256 e. The van der Waals surface area contributed by atoms with Crippen molar-refractivity contribution in [2.24, 2.45) is 5.92 Å². The average molecular weight is 462 g/mol. The second-order valence-electron chi connectivity index (χ2n) is 9.07. The van der Waals surface area contributed by atoms with Crippen molar-refractivity contribution in [1.29, 1.82) is 0 Å². The van der Waals surface area contributed by atoms with E-state index in [0.717, 1.165) is 34.5 Å². The molecule has 34 heavy (non-hydrogen) atoms. The van der Waals surface area contributed by atoms with E-state index in [1.54, 1.807) is 24.0 Å². The van der Waals surface area contributed by atoms with Crippen LogP contribution in [0.4, 0.5) is 5.82 Å². The normalized spacial score (nSPS) is 24.1. The van der Waals surface area contributed by atoms with Gasteiger partial charge in [0.2, 0.25) is 0 Å². The molecule has 1 aliphatic carbocycles. The summed E-state index contributed by atoms with van der Waals surface area (Å²) >= 11 is 0. The van der Waals surface area contributed by atoms with Gasteiger partial charge in [-0.15, -0.1) is 0 Å². The maximum absolute atomic E-state index is 13.0. The number of methoxy groups -OCH3 is 1. The molecular formula is C24H27N7O3. The number of ether oxygens (including phenoxy) is 2. The summed E-state index contributed by atoms with van der Waals surface area (Å²) in [5.41, 5.74) is 3.47. The van der Waals surface area contributed by atoms with E-state index in [9.17, 15) is 4.79 Å². The van der Waals surface area contributed by atoms with Crippen LogP contribution in [0.5, 0.6) is 0 Å². The Balaban J connectivity index is 1.49. The number of nitrogens with one attached hydrogen (secondary N) is 2. The standard InChI is InChI=1S/C24H27N7O3/c1-13-7-17(13)29-24(32)15-9-27-31-21(25-2)8-18(28-23(15)31)16-10-30(19-11-34-12-20(19)33-3)22-14(16)5-4-6-26-22/h4-6,8-10,13,17,19-20,25H,7,11-12H2,1-3H3,(H,29,32)/t13-,17+,19+,20+/m0/s1. The summed E-state index contributed by atoms with van der Waals surface area (Å²) in [5.74, 6) is 1.10. The molecule has 0 aromatic carbocycles. The molecule has 1 aliphatic heterocycles. The van der Waals surface area contributed by atoms with Crippen LogP contribution in [0.1, 0.15) is 29.7 Å². The first-order chi connectivity index (χ1) is 16.6. The Hall–Kier alpha value is -3.50. The van der Waals surface area contributed by atoms with Crippen LogP contribution >= 0.6 is 0 Å². The Labute approximate surface area is 196 Å². The molecular weight excluding hydrogens is 434 g/mol. The van der Waals surface area contributed by atoms with E-state index in [1.807, 2.05) is 25.2 Å². The molecule has 10 heteroatoms. The second kappa shape index (κ2) is 8.07. The molecule has 2 N–H and O–H groups in total. The number of aromatic nitrogens is 5. The molecule has 2 aliphatic rings. The van der Waals surface area contributed by atoms with E-state index in [-0.39, 0.29) is 24.1 Å². The highest BCUT2D eigenvalue weighted by Gasteiger charge is 2.35. The number of carbonyl (C=O) groups is 1. The summed E-state index contributed by atoms with van der Waals surface area (Å²) in [6.45, 7) is 3.23. The van der Waals surface area contributed by atoms with Crippen molar-refractivity contribution < 1.29 is 14.3 Å². The third kappa shape index (κ3) is 3.33. The average Bonchev–Trinajstić information content (AvgIpc) is 3.27. The number of nitrogens with zero attached hydrogens (tertiary/aromatic N) is 5. The number of hydrogen-bond donors (Lipinski definition) is 2. The Morgan fingerprint density at radius 3 is 2.91 bits per heavy atom. The van der Waals surface area contributed by atoms with Gasteiger partial charge in [-0.1, -0.05) is 6.92 Å². The van der Waals surface area contributed by atoms with E-state index < -0.39 is 0 Å². The molecule has 0 bridgehead atoms. The molecule has 1 saturated carbocycles. The van der Waals surface area contributed by atoms with Crippen LogP contribution in [0.15, 0.2) is 36.8 Å². The minimum Gasteiger partial charge on any atom is -0.377 e. The van der Waals surface area contributed by atoms with Gasteiger partial charge in [-0.2, -0.15) is 9.61 Å². The van der Waals surface area contributed by atoms with Gasteiger partial charge in [-0.05, 0) is 24.5 Å². The molecule has 0 spiro atoms. The highest BCUT2D eigenvalue weighted by atomic mass is 16.5. The predicted octanol–water partition coefficient (Wildman–Crippen LogP) is 2.51. The van der Waals surface area contributed by atoms with E-state index in [0.29, 0.717) is 30.3 Å². The first-order valence-electron chi connectivity index (χ1n) is 11.5. The van der Waals surface area contributed by atoms with Gasteiger partial charge in [0.1, 0.15) is 23.1 Å². The molecule has 10 nitrogen and oxygen atoms in total. The van der Waals surface area contributed by atoms with E-state index in [1.165, 1.54) is 0 Å². The molecule has 6 rings (SSSR count). The molecule has 0 unspecified atom stereocenters. The zero-order valence-corrected chi connectivity index (χ0v) is 19.4. The van der Waals surface area contributed by atoms with Crippen LogP contribution in [0, 0.1) is 5.92 Å². The number of rotatable bonds is 6. The van der Waals surface area contributed by atoms with Crippen LogP contribution in [0.3, 0.4) is 0 Å². The Morgan fingerprint density at radius 1 is 1.29 bits per heavy atom. The lowest BCUT2D eigenvalue weighted by atomic mass is 10.1. The number of hydrogen-bond acceptors (Lipinski definition) is 7. The summed E-state index contributed by atoms with van der Waals surface area (Å²) < 4.78 is 15.1. The van der Waals surface area contributed by atoms with Crippen LogP contribution in [0.25, 0.3) is 27.9 Å². The van der Waals surface area contributed by atoms with Crippen molar-refractivity contribution in [1.82, 2.24) is 29.5 Å². The Kier molecular flexibility index (Phi) is 5.00. The third-order valence-corrected chi connectivity index (χ3v) is 6.92. The Bertz CT molecular complexity index is 1390. The van der Waals surface area contributed by atoms with Crippen molar-refractivity contribution in [3.05, 3.63) is 42.4 Å². The minimum atomic E-state index is -0.147. The van der Waals surface area contributed by atoms with E-state index in [2.05, 4.69) is 38.4 Å². The SMILES string of the molecule is CNc1cc(-c2cn([C@@H]3COC[C@H]3OC)c3ncccc23)nc2c(C(=O)N[C@@H]3C[C@@H]3C)cnn12. The van der Waals surface area contributed by atoms with Crippen LogP contribution in [-0.2, 0) is 9.47 Å². The lowest BCUT2D eigenvalue weighted by molar-refractivity contribution is 0.0692. The zero-order valence-electron chi connectivity index (χ0n) is 19.4. The van der Waals surface area contributed by atoms with E-state index in [4.69, 9.17) is 14.5 Å². The fourth-order valence-corrected chi connectivity index (χ4v) is 4.76. The molecule has 1 amide bonds. The van der Waals surface area contributed by atoms with Gasteiger partial charge in [0.25, 0.3) is 5.91 Å². The fourth-order valence-electron chi connectivity index (χ4n) is 4.76. The first kappa shape index (κ1) is 21.1. The first-order valence-corrected chi connectivity index (χ1v) is 11.5. The van der Waals surface area contributed by atoms with Gasteiger partial charge in [-0.25, -0.2) is 9.97 Å². The number of fused-ring (bicyclic) bond motifs is 2. The molecule has 1 saturated heterocycles. The van der Waals surface area contributed by atoms with Gasteiger partial charge in [0.05, 0.1) is 31.1 Å². The highest BCUT2D eigenvalue weighted by molar-refractivity contribution is 6.01. The molecule has 5 heterocycles. The molecule has 176 valence electrons. The van der Waals surface area contributed by atoms with Gasteiger partial charge in [0, 0.05) is 49.6 Å². The van der Waals surface area contributed by atoms with Gasteiger partial charge in [-0.3, -0.25) is 4.79 Å². The summed E-state index contributed by atoms with van der Waals surface area (Å²) in [6, 6.07) is 6.13. The van der Waals surface area contributed by atoms with Gasteiger partial charge >= 0.3 is 0 Å². The number of pyridine rings is 1. The molecule has 0 radical (unpaired) electrons. The largest absolute Gasteiger partial charge is 0.377 e. The summed E-state index contributed by atoms with van der Waals surface area (Å²) in [4.78, 5) is 22.5. The smallest absolute Gasteiger partial charge is 0.256 e. The molecule has 4 atom stereocenters. The topological polar surface area (TPSA) is 108 Å². The van der Waals surface area contributed by atoms with Crippen molar-refractivity contribution in [3.8, 4) is 11.3 Å². The molecule has 2 fully saturated rings. The quantitative estimate of drug-likeness (QED) is 0.454. The van der Waals surface area contributed by atoms with Crippen molar-refractivity contribution in [2.45, 2.75) is 31.5 Å². The van der Waals surface area contributed by atoms with Crippen LogP contribution < -0.4 is 10.6 Å². The minimum absolute atomic E-state index is 0.0143. The van der Waals surface area contributed by atoms with Gasteiger partial charge < -0.3 is 24.7 Å². The van der Waals surface area contributed by atoms with Crippen molar-refractivity contribution in [3.63, 3.8) is 0 Å². The lowest BCUT2D eigenvalue weighted by Crippen LogP contribution is -2.26. The number of amides is 1. The molecule has 4 aromatic heterocycles. The Morgan fingerprint density at radius 2 is 2.15 bits per heavy atom. The lowest BCUT2D eigenvalue weighted by Gasteiger charge is -2.18. The van der Waals surface area contributed by atoms with Crippen LogP contribution in [0.2, 0.25) is 0 Å². The summed E-state index contributed by atoms with van der Waals surface area (Å²) in [5, 5.41) is 11.7. The predicted molar refractivity (Wildman–Crippen MR) is 127 cm³/mol. The van der Waals surface area contributed by atoms with Gasteiger partial charge in [0.15, 0.2) is 5.65 Å². The molecule has 4 aromatic rings. The number of carbonyl (C=O) groups excluding carboxylic acids is 1. The van der Waals surface area contributed by atoms with Crippen molar-refractivity contribution >= 4 is 28.4 Å². The highest BCUT2D eigenvalue weighted by Crippen LogP contribution is 2.35. The number of anilines is 1. The monoisotopic (exact) mass is 461 g/mol.